The fraction of sp³-hybridized carbons (Fsp3) is 0. The number of nitrogens with zero attached hydrogens (tertiary/aromatic N) is 2. The summed E-state index contributed by atoms with van der Waals surface area (Å²) in [5, 5.41) is 4.73. The van der Waals surface area contributed by atoms with Gasteiger partial charge in [0, 0.05) is 53.7 Å². The zero-order chi connectivity index (χ0) is 42.5. The Kier molecular flexibility index (Phi) is 7.03. The highest BCUT2D eigenvalue weighted by Crippen LogP contribution is 2.47. The van der Waals surface area contributed by atoms with Gasteiger partial charge in [-0.05, 0) is 95.1 Å². The molecule has 2 heterocycles. The number of hydrogen-bond donors (Lipinski definition) is 0. The average molecular weight is 759 g/mol. The highest BCUT2D eigenvalue weighted by molar-refractivity contribution is 7.26. The molecule has 10 rings (SSSR count). The number of fused-ring (bicyclic) bond motifs is 6. The zero-order valence-corrected chi connectivity index (χ0v) is 31.7. The van der Waals surface area contributed by atoms with Crippen molar-refractivity contribution in [1.29, 1.82) is 0 Å². The molecule has 0 amide bonds. The minimum Gasteiger partial charge on any atom is -0.309 e. The molecular formula is C52H36N2S2. The Morgan fingerprint density at radius 1 is 0.411 bits per heavy atom. The molecule has 0 N–H and O–H groups in total. The molecule has 0 radical (unpaired) electrons. The van der Waals surface area contributed by atoms with Crippen molar-refractivity contribution in [2.75, 3.05) is 9.80 Å². The highest BCUT2D eigenvalue weighted by atomic mass is 32.1. The molecule has 0 saturated carbocycles. The largest absolute Gasteiger partial charge is 0.309 e. The average Bonchev–Trinajstić information content (AvgIpc) is 3.89. The quantitative estimate of drug-likeness (QED) is 0.145. The smallest absolute Gasteiger partial charge is 0.0640 e. The van der Waals surface area contributed by atoms with Crippen molar-refractivity contribution in [3.63, 3.8) is 0 Å². The van der Waals surface area contributed by atoms with E-state index in [0.29, 0.717) is 11.1 Å². The molecule has 0 aliphatic heterocycles. The summed E-state index contributed by atoms with van der Waals surface area (Å²) < 4.78 is 52.9. The summed E-state index contributed by atoms with van der Waals surface area (Å²) in [5.74, 6) is 0. The van der Waals surface area contributed by atoms with Crippen molar-refractivity contribution in [2.24, 2.45) is 0 Å². The normalized spacial score (nSPS) is 12.7. The third kappa shape index (κ3) is 5.88. The number of hydrogen-bond acceptors (Lipinski definition) is 4. The van der Waals surface area contributed by atoms with Gasteiger partial charge in [0.2, 0.25) is 0 Å². The molecule has 0 aliphatic carbocycles. The van der Waals surface area contributed by atoms with Crippen LogP contribution in [0, 0.1) is 0 Å². The van der Waals surface area contributed by atoms with Crippen molar-refractivity contribution in [3.8, 4) is 11.1 Å². The molecule has 266 valence electrons. The van der Waals surface area contributed by atoms with Gasteiger partial charge < -0.3 is 9.80 Å². The van der Waals surface area contributed by atoms with Crippen LogP contribution in [0.5, 0.6) is 0 Å². The lowest BCUT2D eigenvalue weighted by Crippen LogP contribution is -2.10. The molecule has 2 aromatic heterocycles. The predicted molar refractivity (Wildman–Crippen MR) is 247 cm³/mol. The third-order valence-corrected chi connectivity index (χ3v) is 12.7. The summed E-state index contributed by atoms with van der Waals surface area (Å²) in [6.07, 6.45) is 0. The van der Waals surface area contributed by atoms with Gasteiger partial charge in [0.1, 0.15) is 0 Å². The molecule has 4 heteroatoms. The van der Waals surface area contributed by atoms with Crippen LogP contribution in [-0.4, -0.2) is 0 Å². The fourth-order valence-electron chi connectivity index (χ4n) is 7.72. The summed E-state index contributed by atoms with van der Waals surface area (Å²) in [6.45, 7) is -1.06. The van der Waals surface area contributed by atoms with Crippen LogP contribution < -0.4 is 9.80 Å². The van der Waals surface area contributed by atoms with Crippen molar-refractivity contribution in [1.82, 2.24) is 0 Å². The van der Waals surface area contributed by atoms with E-state index in [9.17, 15) is 0 Å². The lowest BCUT2D eigenvalue weighted by molar-refractivity contribution is 1.29. The van der Waals surface area contributed by atoms with E-state index in [0.717, 1.165) is 54.7 Å². The molecule has 0 fully saturated rings. The summed E-state index contributed by atoms with van der Waals surface area (Å²) in [7, 11) is 0. The van der Waals surface area contributed by atoms with Gasteiger partial charge in [0.15, 0.2) is 0 Å². The Labute approximate surface area is 343 Å². The van der Waals surface area contributed by atoms with Crippen LogP contribution in [0.4, 0.5) is 34.1 Å². The second-order valence-electron chi connectivity index (χ2n) is 13.6. The van der Waals surface area contributed by atoms with E-state index in [4.69, 9.17) is 8.22 Å². The van der Waals surface area contributed by atoms with Gasteiger partial charge >= 0.3 is 0 Å². The molecule has 0 unspecified atom stereocenters. The van der Waals surface area contributed by atoms with E-state index >= 15 is 0 Å². The van der Waals surface area contributed by atoms with Crippen molar-refractivity contribution >= 4 is 109 Å². The van der Waals surface area contributed by atoms with Gasteiger partial charge in [-0.3, -0.25) is 0 Å². The monoisotopic (exact) mass is 758 g/mol. The number of benzene rings is 8. The maximum atomic E-state index is 8.44. The number of thiophene rings is 2. The molecule has 0 atom stereocenters. The Balaban J connectivity index is 1.06. The first-order chi connectivity index (χ1) is 30.2. The van der Waals surface area contributed by atoms with Gasteiger partial charge in [-0.25, -0.2) is 0 Å². The lowest BCUT2D eigenvalue weighted by Gasteiger charge is -2.27. The molecule has 0 aliphatic rings. The number of rotatable bonds is 9. The standard InChI is InChI=1S/C52H36N2S2/c1-3-35-13-9-15-41(33-35)53(47-21-11-19-45-43-17-5-7-23-49(43)55-51(45)47)39-29-25-37(26-30-39)38-27-31-40(32-28-38)54(42-16-10-14-36(4-2)34-42)48-22-12-20-46-44-18-6-8-24-50(44)56-52(46)48/h3-34H,1-2H2/i1D2,2D2,3D,4D. The minimum absolute atomic E-state index is 0.134. The molecule has 0 bridgehead atoms. The molecule has 56 heavy (non-hydrogen) atoms. The Morgan fingerprint density at radius 2 is 0.821 bits per heavy atom. The minimum atomic E-state index is -0.532. The maximum absolute atomic E-state index is 8.44. The first-order valence-electron chi connectivity index (χ1n) is 21.3. The van der Waals surface area contributed by atoms with Crippen LogP contribution in [-0.2, 0) is 0 Å². The van der Waals surface area contributed by atoms with Gasteiger partial charge in [0.05, 0.1) is 29.0 Å². The summed E-state index contributed by atoms with van der Waals surface area (Å²) in [4.78, 5) is 4.38. The highest BCUT2D eigenvalue weighted by Gasteiger charge is 2.20. The van der Waals surface area contributed by atoms with Crippen molar-refractivity contribution < 1.29 is 8.22 Å². The predicted octanol–water partition coefficient (Wildman–Crippen LogP) is 16.3. The Morgan fingerprint density at radius 3 is 1.27 bits per heavy atom. The first kappa shape index (κ1) is 27.8. The summed E-state index contributed by atoms with van der Waals surface area (Å²) >= 11 is 3.49. The third-order valence-electron chi connectivity index (χ3n) is 10.3. The van der Waals surface area contributed by atoms with Crippen LogP contribution >= 0.6 is 22.7 Å². The zero-order valence-electron chi connectivity index (χ0n) is 36.0. The van der Waals surface area contributed by atoms with Crippen LogP contribution in [0.3, 0.4) is 0 Å². The maximum Gasteiger partial charge on any atom is 0.0640 e. The Bertz CT molecular complexity index is 3150. The van der Waals surface area contributed by atoms with Crippen molar-refractivity contribution in [3.05, 3.63) is 206 Å². The molecule has 10 aromatic rings. The van der Waals surface area contributed by atoms with Gasteiger partial charge in [-0.1, -0.05) is 134 Å². The van der Waals surface area contributed by atoms with Crippen molar-refractivity contribution in [2.45, 2.75) is 0 Å². The topological polar surface area (TPSA) is 6.48 Å². The molecule has 8 aromatic carbocycles. The summed E-state index contributed by atoms with van der Waals surface area (Å²) in [6, 6.07) is 61.3. The van der Waals surface area contributed by atoms with Crippen LogP contribution in [0.1, 0.15) is 19.4 Å². The van der Waals surface area contributed by atoms with Crippen LogP contribution in [0.25, 0.3) is 63.6 Å². The SMILES string of the molecule is [2H]C([2H])=C([2H])c1cccc(N(c2ccc(-c3ccc(N(c4cccc(C([2H])=C([2H])[2H])c4)c4cccc5c4sc4ccccc45)cc3)cc2)c2cccc3c2sc2ccccc23)c1. The van der Waals surface area contributed by atoms with E-state index in [2.05, 4.69) is 143 Å². The number of anilines is 6. The Hall–Kier alpha value is -6.72. The molecular weight excluding hydrogens is 717 g/mol. The van der Waals surface area contributed by atoms with E-state index in [1.54, 1.807) is 34.8 Å². The second-order valence-corrected chi connectivity index (χ2v) is 15.7. The first-order valence-corrected chi connectivity index (χ1v) is 20.0. The second kappa shape index (κ2) is 14.2. The molecule has 0 saturated heterocycles. The van der Waals surface area contributed by atoms with E-state index < -0.39 is 13.1 Å². The van der Waals surface area contributed by atoms with Crippen LogP contribution in [0.15, 0.2) is 195 Å². The fourth-order valence-corrected chi connectivity index (χ4v) is 10.1. The molecule has 2 nitrogen and oxygen atoms in total. The summed E-state index contributed by atoms with van der Waals surface area (Å²) in [5.41, 5.74) is 8.56. The van der Waals surface area contributed by atoms with Gasteiger partial charge in [-0.2, -0.15) is 0 Å². The van der Waals surface area contributed by atoms with Gasteiger partial charge in [-0.15, -0.1) is 22.7 Å². The van der Waals surface area contributed by atoms with Gasteiger partial charge in [0.25, 0.3) is 0 Å². The van der Waals surface area contributed by atoms with E-state index in [1.807, 2.05) is 36.4 Å². The lowest BCUT2D eigenvalue weighted by atomic mass is 10.0. The van der Waals surface area contributed by atoms with E-state index in [1.165, 1.54) is 30.9 Å². The van der Waals surface area contributed by atoms with E-state index in [-0.39, 0.29) is 12.1 Å². The van der Waals surface area contributed by atoms with Crippen LogP contribution in [0.2, 0.25) is 0 Å². The molecule has 0 spiro atoms.